The molecule has 0 aliphatic carbocycles. The number of benzene rings is 2. The molecule has 0 saturated carbocycles. The average molecular weight is 385 g/mol. The van der Waals surface area contributed by atoms with Gasteiger partial charge in [-0.25, -0.2) is 0 Å². The number of hydrogen-bond acceptors (Lipinski definition) is 7. The molecule has 0 fully saturated rings. The summed E-state index contributed by atoms with van der Waals surface area (Å²) in [6.07, 6.45) is 1.59. The fourth-order valence-corrected chi connectivity index (χ4v) is 3.52. The number of para-hydroxylation sites is 1. The molecule has 0 bridgehead atoms. The Bertz CT molecular complexity index is 1060. The molecule has 0 aliphatic rings. The van der Waals surface area contributed by atoms with Crippen LogP contribution in [0.15, 0.2) is 46.6 Å². The minimum absolute atomic E-state index is 0.234. The van der Waals surface area contributed by atoms with Crippen molar-refractivity contribution in [2.75, 3.05) is 14.2 Å². The molecular formula is C19H19N3O4S. The van der Waals surface area contributed by atoms with Crippen LogP contribution in [0.5, 0.6) is 17.2 Å². The van der Waals surface area contributed by atoms with Crippen LogP contribution in [0.3, 0.4) is 0 Å². The highest BCUT2D eigenvalue weighted by atomic mass is 32.1. The maximum atomic E-state index is 11.3. The number of methoxy groups -OCH3 is 2. The van der Waals surface area contributed by atoms with Gasteiger partial charge in [-0.1, -0.05) is 23.5 Å². The molecule has 27 heavy (non-hydrogen) atoms. The first-order valence-electron chi connectivity index (χ1n) is 8.09. The van der Waals surface area contributed by atoms with Crippen LogP contribution in [0, 0.1) is 0 Å². The first-order valence-corrected chi connectivity index (χ1v) is 8.91. The lowest BCUT2D eigenvalue weighted by molar-refractivity contribution is -0.132. The van der Waals surface area contributed by atoms with E-state index in [4.69, 9.17) is 14.2 Å². The van der Waals surface area contributed by atoms with Gasteiger partial charge in [0, 0.05) is 19.5 Å². The summed E-state index contributed by atoms with van der Waals surface area (Å²) < 4.78 is 18.9. The van der Waals surface area contributed by atoms with Crippen LogP contribution in [-0.2, 0) is 11.8 Å². The average Bonchev–Trinajstić information content (AvgIpc) is 2.98. The predicted molar refractivity (Wildman–Crippen MR) is 105 cm³/mol. The Kier molecular flexibility index (Phi) is 5.56. The van der Waals surface area contributed by atoms with Gasteiger partial charge in [0.05, 0.1) is 30.7 Å². The molecule has 8 heteroatoms. The number of ether oxygens (including phenoxy) is 3. The number of aromatic nitrogens is 1. The van der Waals surface area contributed by atoms with E-state index in [9.17, 15) is 4.79 Å². The van der Waals surface area contributed by atoms with Gasteiger partial charge in [0.25, 0.3) is 0 Å². The number of hydrogen-bond donors (Lipinski definition) is 0. The number of aryl methyl sites for hydroxylation is 1. The molecule has 2 aromatic carbocycles. The van der Waals surface area contributed by atoms with E-state index in [1.807, 2.05) is 35.9 Å². The maximum absolute atomic E-state index is 11.3. The first kappa shape index (κ1) is 18.7. The molecule has 0 amide bonds. The smallest absolute Gasteiger partial charge is 0.308 e. The molecule has 0 unspecified atom stereocenters. The summed E-state index contributed by atoms with van der Waals surface area (Å²) in [5, 5.41) is 8.48. The van der Waals surface area contributed by atoms with Gasteiger partial charge in [-0.2, -0.15) is 5.10 Å². The molecule has 0 saturated heterocycles. The normalized spacial score (nSPS) is 11.9. The Morgan fingerprint density at radius 3 is 2.41 bits per heavy atom. The number of nitrogens with zero attached hydrogens (tertiary/aromatic N) is 3. The minimum Gasteiger partial charge on any atom is -0.493 e. The summed E-state index contributed by atoms with van der Waals surface area (Å²) in [6, 6.07) is 11.5. The van der Waals surface area contributed by atoms with Crippen molar-refractivity contribution in [3.63, 3.8) is 0 Å². The molecule has 140 valence electrons. The van der Waals surface area contributed by atoms with Gasteiger partial charge in [-0.05, 0) is 24.3 Å². The van der Waals surface area contributed by atoms with Gasteiger partial charge >= 0.3 is 5.97 Å². The number of rotatable bonds is 5. The summed E-state index contributed by atoms with van der Waals surface area (Å²) in [7, 11) is 4.93. The van der Waals surface area contributed by atoms with Gasteiger partial charge in [-0.3, -0.25) is 4.79 Å². The van der Waals surface area contributed by atoms with E-state index in [1.165, 1.54) is 21.1 Å². The van der Waals surface area contributed by atoms with Gasteiger partial charge in [0.15, 0.2) is 11.5 Å². The van der Waals surface area contributed by atoms with E-state index in [1.54, 1.807) is 29.7 Å². The summed E-state index contributed by atoms with van der Waals surface area (Å²) in [4.78, 5) is 12.1. The van der Waals surface area contributed by atoms with E-state index in [2.05, 4.69) is 10.2 Å². The molecule has 0 aliphatic heterocycles. The van der Waals surface area contributed by atoms with Crippen LogP contribution in [0.25, 0.3) is 10.2 Å². The second kappa shape index (κ2) is 8.05. The Morgan fingerprint density at radius 1 is 1.15 bits per heavy atom. The van der Waals surface area contributed by atoms with Crippen LogP contribution in [0.2, 0.25) is 0 Å². The van der Waals surface area contributed by atoms with Crippen LogP contribution < -0.4 is 19.0 Å². The molecule has 1 aromatic heterocycles. The van der Waals surface area contributed by atoms with Crippen molar-refractivity contribution in [2.45, 2.75) is 6.92 Å². The second-order valence-corrected chi connectivity index (χ2v) is 6.61. The molecule has 0 spiro atoms. The molecule has 0 atom stereocenters. The maximum Gasteiger partial charge on any atom is 0.308 e. The highest BCUT2D eigenvalue weighted by Crippen LogP contribution is 2.38. The van der Waals surface area contributed by atoms with Crippen molar-refractivity contribution in [1.29, 1.82) is 0 Å². The van der Waals surface area contributed by atoms with Gasteiger partial charge in [0.1, 0.15) is 0 Å². The van der Waals surface area contributed by atoms with E-state index in [-0.39, 0.29) is 5.75 Å². The zero-order chi connectivity index (χ0) is 19.4. The number of esters is 1. The molecule has 1 heterocycles. The number of thiazole rings is 1. The lowest BCUT2D eigenvalue weighted by atomic mass is 10.2. The Morgan fingerprint density at radius 2 is 1.81 bits per heavy atom. The monoisotopic (exact) mass is 385 g/mol. The molecule has 7 nitrogen and oxygen atoms in total. The number of carbonyl (C=O) groups is 1. The zero-order valence-corrected chi connectivity index (χ0v) is 16.2. The highest BCUT2D eigenvalue weighted by molar-refractivity contribution is 7.16. The van der Waals surface area contributed by atoms with Crippen molar-refractivity contribution < 1.29 is 19.0 Å². The first-order chi connectivity index (χ1) is 13.0. The Hall–Kier alpha value is -3.13. The van der Waals surface area contributed by atoms with E-state index < -0.39 is 5.97 Å². The third-order valence-electron chi connectivity index (χ3n) is 3.79. The van der Waals surface area contributed by atoms with Crippen LogP contribution in [-0.4, -0.2) is 31.0 Å². The van der Waals surface area contributed by atoms with Gasteiger partial charge in [0.2, 0.25) is 10.6 Å². The highest BCUT2D eigenvalue weighted by Gasteiger charge is 2.15. The summed E-state index contributed by atoms with van der Waals surface area (Å²) >= 11 is 1.56. The lowest BCUT2D eigenvalue weighted by Gasteiger charge is -2.12. The number of carbonyl (C=O) groups excluding carboxylic acids is 1. The molecular weight excluding hydrogens is 366 g/mol. The third kappa shape index (κ3) is 4.01. The summed E-state index contributed by atoms with van der Waals surface area (Å²) in [6.45, 7) is 1.32. The zero-order valence-electron chi connectivity index (χ0n) is 15.4. The third-order valence-corrected chi connectivity index (χ3v) is 4.90. The standard InChI is InChI=1S/C19H19N3O4S/c1-12(23)26-18-15(24-3)9-13(10-16(18)25-4)11-20-21-19-22(2)14-7-5-6-8-17(14)27-19/h5-11H,1-4H3/b20-11+,21-19-. The van der Waals surface area contributed by atoms with E-state index in [0.717, 1.165) is 15.0 Å². The fourth-order valence-electron chi connectivity index (χ4n) is 2.54. The van der Waals surface area contributed by atoms with E-state index >= 15 is 0 Å². The Balaban J connectivity index is 1.96. The number of fused-ring (bicyclic) bond motifs is 1. The summed E-state index contributed by atoms with van der Waals surface area (Å²) in [5.41, 5.74) is 1.80. The van der Waals surface area contributed by atoms with Crippen molar-refractivity contribution in [1.82, 2.24) is 4.57 Å². The summed E-state index contributed by atoms with van der Waals surface area (Å²) in [5.74, 6) is 0.523. The van der Waals surface area contributed by atoms with Gasteiger partial charge < -0.3 is 18.8 Å². The molecule has 0 N–H and O–H groups in total. The van der Waals surface area contributed by atoms with Crippen LogP contribution >= 0.6 is 11.3 Å². The van der Waals surface area contributed by atoms with Crippen LogP contribution in [0.1, 0.15) is 12.5 Å². The van der Waals surface area contributed by atoms with Crippen molar-refractivity contribution in [3.8, 4) is 17.2 Å². The van der Waals surface area contributed by atoms with E-state index in [0.29, 0.717) is 17.1 Å². The lowest BCUT2D eigenvalue weighted by Crippen LogP contribution is -2.09. The SMILES string of the molecule is COc1cc(/C=N/N=c2\sc3ccccc3n2C)cc(OC)c1OC(C)=O. The topological polar surface area (TPSA) is 74.4 Å². The Labute approximate surface area is 160 Å². The molecule has 3 aromatic rings. The molecule has 3 rings (SSSR count). The van der Waals surface area contributed by atoms with Gasteiger partial charge in [-0.15, -0.1) is 5.10 Å². The van der Waals surface area contributed by atoms with Crippen molar-refractivity contribution in [2.24, 2.45) is 17.3 Å². The predicted octanol–water partition coefficient (Wildman–Crippen LogP) is 3.12. The van der Waals surface area contributed by atoms with Crippen molar-refractivity contribution >= 4 is 33.7 Å². The largest absolute Gasteiger partial charge is 0.493 e. The van der Waals surface area contributed by atoms with Crippen LogP contribution in [0.4, 0.5) is 0 Å². The minimum atomic E-state index is -0.458. The van der Waals surface area contributed by atoms with Crippen molar-refractivity contribution in [3.05, 3.63) is 46.8 Å². The molecule has 0 radical (unpaired) electrons. The fraction of sp³-hybridized carbons (Fsp3) is 0.211. The second-order valence-electron chi connectivity index (χ2n) is 5.60. The quantitative estimate of drug-likeness (QED) is 0.293.